The van der Waals surface area contributed by atoms with Crippen molar-refractivity contribution in [2.75, 3.05) is 6.61 Å². The summed E-state index contributed by atoms with van der Waals surface area (Å²) < 4.78 is 33.5. The van der Waals surface area contributed by atoms with Crippen LogP contribution in [0.3, 0.4) is 0 Å². The van der Waals surface area contributed by atoms with Gasteiger partial charge in [-0.25, -0.2) is 13.1 Å². The molecular formula is C17H23NO3S2. The molecule has 1 N–H and O–H groups in total. The van der Waals surface area contributed by atoms with Crippen LogP contribution in [0.25, 0.3) is 0 Å². The lowest BCUT2D eigenvalue weighted by molar-refractivity contribution is 0.335. The molecule has 1 heterocycles. The number of thiophene rings is 1. The van der Waals surface area contributed by atoms with Crippen LogP contribution in [-0.2, 0) is 16.4 Å². The Morgan fingerprint density at radius 1 is 1.26 bits per heavy atom. The normalized spacial score (nSPS) is 13.0. The molecule has 0 radical (unpaired) electrons. The molecule has 4 nitrogen and oxygen atoms in total. The molecule has 1 unspecified atom stereocenters. The number of nitrogens with one attached hydrogen (secondary N) is 1. The van der Waals surface area contributed by atoms with Crippen LogP contribution in [0.4, 0.5) is 0 Å². The summed E-state index contributed by atoms with van der Waals surface area (Å²) >= 11 is 1.63. The number of rotatable bonds is 7. The molecule has 0 aliphatic carbocycles. The van der Waals surface area contributed by atoms with Crippen molar-refractivity contribution in [3.63, 3.8) is 0 Å². The molecule has 0 aliphatic heterocycles. The maximum atomic E-state index is 12.6. The monoisotopic (exact) mass is 353 g/mol. The van der Waals surface area contributed by atoms with Gasteiger partial charge in [-0.3, -0.25) is 0 Å². The highest BCUT2D eigenvalue weighted by Crippen LogP contribution is 2.27. The van der Waals surface area contributed by atoms with Crippen LogP contribution in [-0.4, -0.2) is 21.1 Å². The standard InChI is InChI=1S/C17H23NO3S2/c1-5-21-17-12(2)9-16(10-13(17)3)23(19,20)18-14(4)11-15-7-6-8-22-15/h6-10,14,18H,5,11H2,1-4H3. The molecule has 1 aromatic heterocycles. The Morgan fingerprint density at radius 3 is 2.43 bits per heavy atom. The smallest absolute Gasteiger partial charge is 0.240 e. The molecule has 0 bridgehead atoms. The van der Waals surface area contributed by atoms with Crippen molar-refractivity contribution in [3.05, 3.63) is 45.6 Å². The zero-order valence-electron chi connectivity index (χ0n) is 13.9. The molecular weight excluding hydrogens is 330 g/mol. The number of sulfonamides is 1. The summed E-state index contributed by atoms with van der Waals surface area (Å²) in [7, 11) is -3.54. The number of benzene rings is 1. The van der Waals surface area contributed by atoms with Crippen LogP contribution in [0.1, 0.15) is 29.9 Å². The zero-order chi connectivity index (χ0) is 17.0. The molecule has 0 spiro atoms. The Labute approximate surface area is 142 Å². The van der Waals surface area contributed by atoms with Crippen molar-refractivity contribution in [1.29, 1.82) is 0 Å². The lowest BCUT2D eigenvalue weighted by Crippen LogP contribution is -2.34. The fourth-order valence-electron chi connectivity index (χ4n) is 2.54. The fourth-order valence-corrected chi connectivity index (χ4v) is 4.79. The summed E-state index contributed by atoms with van der Waals surface area (Å²) in [5.41, 5.74) is 1.66. The molecule has 0 aliphatic rings. The quantitative estimate of drug-likeness (QED) is 0.826. The second-order valence-corrected chi connectivity index (χ2v) is 8.37. The zero-order valence-corrected chi connectivity index (χ0v) is 15.6. The van der Waals surface area contributed by atoms with E-state index in [0.717, 1.165) is 16.9 Å². The minimum Gasteiger partial charge on any atom is -0.493 e. The Kier molecular flexibility index (Phi) is 5.84. The summed E-state index contributed by atoms with van der Waals surface area (Å²) in [6, 6.07) is 7.16. The predicted octanol–water partition coefficient (Wildman–Crippen LogP) is 3.67. The number of ether oxygens (including phenoxy) is 1. The summed E-state index contributed by atoms with van der Waals surface area (Å²) in [4.78, 5) is 1.45. The van der Waals surface area contributed by atoms with Crippen LogP contribution in [0.2, 0.25) is 0 Å². The van der Waals surface area contributed by atoms with Gasteiger partial charge in [-0.2, -0.15) is 0 Å². The van der Waals surface area contributed by atoms with Crippen molar-refractivity contribution in [2.45, 2.75) is 45.1 Å². The van der Waals surface area contributed by atoms with Crippen molar-refractivity contribution in [1.82, 2.24) is 4.72 Å². The molecule has 0 saturated carbocycles. The summed E-state index contributed by atoms with van der Waals surface area (Å²) in [5, 5.41) is 2.00. The van der Waals surface area contributed by atoms with Gasteiger partial charge in [0, 0.05) is 10.9 Å². The largest absolute Gasteiger partial charge is 0.493 e. The highest BCUT2D eigenvalue weighted by Gasteiger charge is 2.20. The van der Waals surface area contributed by atoms with Crippen molar-refractivity contribution < 1.29 is 13.2 Å². The van der Waals surface area contributed by atoms with E-state index in [-0.39, 0.29) is 10.9 Å². The second kappa shape index (κ2) is 7.47. The molecule has 1 atom stereocenters. The van der Waals surface area contributed by atoms with Gasteiger partial charge in [0.05, 0.1) is 11.5 Å². The average molecular weight is 354 g/mol. The predicted molar refractivity (Wildman–Crippen MR) is 94.9 cm³/mol. The first-order valence-corrected chi connectivity index (χ1v) is 9.98. The van der Waals surface area contributed by atoms with E-state index in [1.807, 2.05) is 45.2 Å². The van der Waals surface area contributed by atoms with E-state index >= 15 is 0 Å². The van der Waals surface area contributed by atoms with Crippen LogP contribution >= 0.6 is 11.3 Å². The lowest BCUT2D eigenvalue weighted by Gasteiger charge is -2.16. The van der Waals surface area contributed by atoms with Gasteiger partial charge < -0.3 is 4.74 Å². The van der Waals surface area contributed by atoms with Gasteiger partial charge in [-0.05, 0) is 68.8 Å². The van der Waals surface area contributed by atoms with Gasteiger partial charge in [0.1, 0.15) is 5.75 Å². The molecule has 2 rings (SSSR count). The SMILES string of the molecule is CCOc1c(C)cc(S(=O)(=O)NC(C)Cc2cccs2)cc1C. The van der Waals surface area contributed by atoms with Crippen LogP contribution in [0, 0.1) is 13.8 Å². The maximum absolute atomic E-state index is 12.6. The third-order valence-corrected chi connectivity index (χ3v) is 5.94. The minimum atomic E-state index is -3.54. The van der Waals surface area contributed by atoms with Crippen molar-refractivity contribution in [2.24, 2.45) is 0 Å². The minimum absolute atomic E-state index is 0.161. The van der Waals surface area contributed by atoms with Crippen LogP contribution in [0.15, 0.2) is 34.5 Å². The Bertz CT molecular complexity index is 729. The Morgan fingerprint density at radius 2 is 1.91 bits per heavy atom. The first-order valence-electron chi connectivity index (χ1n) is 7.62. The molecule has 1 aromatic carbocycles. The van der Waals surface area contributed by atoms with Gasteiger partial charge in [-0.15, -0.1) is 11.3 Å². The summed E-state index contributed by atoms with van der Waals surface area (Å²) in [6.45, 7) is 8.09. The van der Waals surface area contributed by atoms with E-state index in [2.05, 4.69) is 4.72 Å². The number of hydrogen-bond donors (Lipinski definition) is 1. The molecule has 0 fully saturated rings. The average Bonchev–Trinajstić information content (AvgIpc) is 2.94. The van der Waals surface area contributed by atoms with Gasteiger partial charge in [0.2, 0.25) is 10.0 Å². The van der Waals surface area contributed by atoms with Crippen molar-refractivity contribution in [3.8, 4) is 5.75 Å². The highest BCUT2D eigenvalue weighted by molar-refractivity contribution is 7.89. The van der Waals surface area contributed by atoms with E-state index in [0.29, 0.717) is 13.0 Å². The fraction of sp³-hybridized carbons (Fsp3) is 0.412. The third kappa shape index (κ3) is 4.56. The van der Waals surface area contributed by atoms with Gasteiger partial charge in [0.15, 0.2) is 0 Å². The topological polar surface area (TPSA) is 55.4 Å². The summed E-state index contributed by atoms with van der Waals surface area (Å²) in [5.74, 6) is 0.762. The Hall–Kier alpha value is -1.37. The first-order chi connectivity index (χ1) is 10.8. The molecule has 0 saturated heterocycles. The molecule has 2 aromatic rings. The van der Waals surface area contributed by atoms with E-state index in [1.165, 1.54) is 4.88 Å². The molecule has 126 valence electrons. The second-order valence-electron chi connectivity index (χ2n) is 5.63. The van der Waals surface area contributed by atoms with E-state index < -0.39 is 10.0 Å². The van der Waals surface area contributed by atoms with E-state index in [4.69, 9.17) is 4.74 Å². The van der Waals surface area contributed by atoms with Gasteiger partial charge in [-0.1, -0.05) is 6.07 Å². The third-order valence-electron chi connectivity index (χ3n) is 3.48. The van der Waals surface area contributed by atoms with Crippen LogP contribution in [0.5, 0.6) is 5.75 Å². The number of hydrogen-bond acceptors (Lipinski definition) is 4. The number of aryl methyl sites for hydroxylation is 2. The molecule has 6 heteroatoms. The molecule has 0 amide bonds. The lowest BCUT2D eigenvalue weighted by atomic mass is 10.1. The first kappa shape index (κ1) is 18.0. The van der Waals surface area contributed by atoms with Crippen LogP contribution < -0.4 is 9.46 Å². The van der Waals surface area contributed by atoms with Gasteiger partial charge in [0.25, 0.3) is 0 Å². The molecule has 23 heavy (non-hydrogen) atoms. The Balaban J connectivity index is 2.19. The maximum Gasteiger partial charge on any atom is 0.240 e. The van der Waals surface area contributed by atoms with E-state index in [9.17, 15) is 8.42 Å². The highest BCUT2D eigenvalue weighted by atomic mass is 32.2. The van der Waals surface area contributed by atoms with E-state index in [1.54, 1.807) is 23.5 Å². The summed E-state index contributed by atoms with van der Waals surface area (Å²) in [6.07, 6.45) is 0.686. The van der Waals surface area contributed by atoms with Gasteiger partial charge >= 0.3 is 0 Å². The van der Waals surface area contributed by atoms with Crippen molar-refractivity contribution >= 4 is 21.4 Å².